The highest BCUT2D eigenvalue weighted by atomic mass is 29.2. The molecule has 35 heavy (non-hydrogen) atoms. The highest BCUT2D eigenvalue weighted by Crippen LogP contribution is 2.57. The molecule has 0 aromatic heterocycles. The third-order valence-electron chi connectivity index (χ3n) is 11.3. The van der Waals surface area contributed by atoms with E-state index in [9.17, 15) is 0 Å². The van der Waals surface area contributed by atoms with Gasteiger partial charge >= 0.3 is 0 Å². The number of hydrogen-bond donors (Lipinski definition) is 0. The lowest BCUT2D eigenvalue weighted by Crippen LogP contribution is -2.58. The van der Waals surface area contributed by atoms with Crippen LogP contribution in [-0.4, -0.2) is 16.6 Å². The molecule has 9 unspecified atom stereocenters. The zero-order chi connectivity index (χ0) is 23.6. The summed E-state index contributed by atoms with van der Waals surface area (Å²) in [6.07, 6.45) is 19.9. The third kappa shape index (κ3) is 5.04. The van der Waals surface area contributed by atoms with Crippen LogP contribution < -0.4 is 10.4 Å². The van der Waals surface area contributed by atoms with Crippen molar-refractivity contribution in [2.75, 3.05) is 0 Å². The van der Waals surface area contributed by atoms with Crippen molar-refractivity contribution in [3.8, 4) is 0 Å². The van der Waals surface area contributed by atoms with E-state index < -0.39 is 16.6 Å². The fourth-order valence-electron chi connectivity index (χ4n) is 9.80. The Kier molecular flexibility index (Phi) is 7.68. The van der Waals surface area contributed by atoms with Gasteiger partial charge in [0.15, 0.2) is 0 Å². The van der Waals surface area contributed by atoms with Crippen LogP contribution in [0.1, 0.15) is 90.4 Å². The van der Waals surface area contributed by atoms with E-state index in [0.29, 0.717) is 0 Å². The van der Waals surface area contributed by atoms with E-state index in [1.807, 2.05) is 10.4 Å². The molecule has 0 aliphatic heterocycles. The van der Waals surface area contributed by atoms with Crippen molar-refractivity contribution >= 4 is 27.0 Å². The summed E-state index contributed by atoms with van der Waals surface area (Å²) in [6.45, 7) is 2.38. The molecule has 4 saturated carbocycles. The molecule has 0 bridgehead atoms. The quantitative estimate of drug-likeness (QED) is 0.334. The lowest BCUT2D eigenvalue weighted by atomic mass is 9.71. The summed E-state index contributed by atoms with van der Waals surface area (Å²) >= 11 is 0. The van der Waals surface area contributed by atoms with Crippen LogP contribution in [0.4, 0.5) is 0 Å². The first-order chi connectivity index (χ1) is 17.3. The Morgan fingerprint density at radius 3 is 2.06 bits per heavy atom. The van der Waals surface area contributed by atoms with Crippen LogP contribution in [0.25, 0.3) is 0 Å². The van der Waals surface area contributed by atoms with Crippen molar-refractivity contribution in [3.05, 3.63) is 60.7 Å². The molecule has 6 rings (SSSR count). The van der Waals surface area contributed by atoms with Gasteiger partial charge in [0.2, 0.25) is 0 Å². The van der Waals surface area contributed by atoms with E-state index >= 15 is 0 Å². The summed E-state index contributed by atoms with van der Waals surface area (Å²) in [7, 11) is -2.16. The van der Waals surface area contributed by atoms with Gasteiger partial charge < -0.3 is 0 Å². The monoisotopic (exact) mass is 500 g/mol. The van der Waals surface area contributed by atoms with Gasteiger partial charge in [-0.1, -0.05) is 149 Å². The van der Waals surface area contributed by atoms with Crippen molar-refractivity contribution in [3.63, 3.8) is 0 Å². The largest absolute Gasteiger partial charge is 0.0703 e. The fourth-order valence-corrected chi connectivity index (χ4v) is 26.6. The maximum atomic E-state index is 2.60. The minimum Gasteiger partial charge on any atom is -0.0654 e. The maximum Gasteiger partial charge on any atom is 0.0703 e. The summed E-state index contributed by atoms with van der Waals surface area (Å²) in [5, 5.41) is 3.69. The van der Waals surface area contributed by atoms with Gasteiger partial charge in [-0.05, 0) is 53.5 Å². The van der Waals surface area contributed by atoms with Crippen molar-refractivity contribution < 1.29 is 0 Å². The smallest absolute Gasteiger partial charge is 0.0654 e. The van der Waals surface area contributed by atoms with Crippen molar-refractivity contribution in [2.45, 2.75) is 101 Å². The van der Waals surface area contributed by atoms with Crippen molar-refractivity contribution in [2.24, 2.45) is 29.6 Å². The molecule has 2 aromatic carbocycles. The Bertz CT molecular complexity index is 927. The van der Waals surface area contributed by atoms with Crippen LogP contribution in [0.5, 0.6) is 0 Å². The summed E-state index contributed by atoms with van der Waals surface area (Å²) in [4.78, 5) is 0. The number of benzene rings is 2. The second-order valence-electron chi connectivity index (χ2n) is 13.0. The van der Waals surface area contributed by atoms with Crippen LogP contribution >= 0.6 is 0 Å². The van der Waals surface area contributed by atoms with Crippen LogP contribution in [0, 0.1) is 29.6 Å². The van der Waals surface area contributed by atoms with Crippen LogP contribution in [0.15, 0.2) is 60.7 Å². The zero-order valence-electron chi connectivity index (χ0n) is 22.2. The Hall–Kier alpha value is -1.13. The zero-order valence-corrected chi connectivity index (χ0v) is 24.5. The van der Waals surface area contributed by atoms with Gasteiger partial charge in [0, 0.05) is 0 Å². The highest BCUT2D eigenvalue weighted by molar-refractivity contribution is 7.34. The van der Waals surface area contributed by atoms with Crippen molar-refractivity contribution in [1.29, 1.82) is 0 Å². The lowest BCUT2D eigenvalue weighted by molar-refractivity contribution is 0.156. The molecular formula is C33H48Si2. The fraction of sp³-hybridized carbons (Fsp3) is 0.636. The summed E-state index contributed by atoms with van der Waals surface area (Å²) in [5.41, 5.74) is 2.13. The predicted octanol–water partition coefficient (Wildman–Crippen LogP) is 7.30. The molecule has 0 saturated heterocycles. The standard InChI is InChI=1S/C33H48Si2/c1-2-3-11-25-18-20-31(22-25)34(29-14-6-4-7-15-29)35(30-16-8-5-9-17-30)33-21-19-28-23-26-12-10-13-27(26)24-32(28)33/h4-9,14-17,25-28,31-35H,2-3,10-13,18-24H2,1H3. The Morgan fingerprint density at radius 1 is 0.657 bits per heavy atom. The van der Waals surface area contributed by atoms with Gasteiger partial charge in [-0.15, -0.1) is 0 Å². The SMILES string of the molecule is CCCCC1CCC([SiH](c2ccccc2)[SiH](c2ccccc2)C2CCC3CC4CCCC4CC32)C1. The normalized spacial score (nSPS) is 36.0. The topological polar surface area (TPSA) is 0 Å². The van der Waals surface area contributed by atoms with Gasteiger partial charge in [-0.3, -0.25) is 0 Å². The highest BCUT2D eigenvalue weighted by Gasteiger charge is 2.51. The molecule has 2 aromatic rings. The summed E-state index contributed by atoms with van der Waals surface area (Å²) < 4.78 is 0. The van der Waals surface area contributed by atoms with Gasteiger partial charge in [-0.25, -0.2) is 0 Å². The molecule has 0 spiro atoms. The first-order valence-corrected chi connectivity index (χ1v) is 20.6. The van der Waals surface area contributed by atoms with E-state index in [4.69, 9.17) is 0 Å². The van der Waals surface area contributed by atoms with Crippen LogP contribution in [0.2, 0.25) is 11.1 Å². The van der Waals surface area contributed by atoms with Crippen LogP contribution in [-0.2, 0) is 0 Å². The van der Waals surface area contributed by atoms with E-state index in [-0.39, 0.29) is 0 Å². The number of hydrogen-bond acceptors (Lipinski definition) is 0. The maximum absolute atomic E-state index is 2.60. The average Bonchev–Trinajstić information content (AvgIpc) is 3.65. The molecule has 4 fully saturated rings. The van der Waals surface area contributed by atoms with Gasteiger partial charge in [-0.2, -0.15) is 0 Å². The molecule has 188 valence electrons. The molecular weight excluding hydrogens is 453 g/mol. The summed E-state index contributed by atoms with van der Waals surface area (Å²) in [5.74, 6) is 5.35. The summed E-state index contributed by atoms with van der Waals surface area (Å²) in [6, 6.07) is 24.4. The lowest BCUT2D eigenvalue weighted by Gasteiger charge is -2.42. The molecule has 0 heterocycles. The minimum atomic E-state index is -1.09. The second-order valence-corrected chi connectivity index (χ2v) is 22.6. The first-order valence-electron chi connectivity index (χ1n) is 15.4. The minimum absolute atomic E-state index is 1.02. The Balaban J connectivity index is 1.35. The third-order valence-corrected chi connectivity index (χ3v) is 25.5. The first kappa shape index (κ1) is 24.2. The van der Waals surface area contributed by atoms with Gasteiger partial charge in [0.05, 0.1) is 16.6 Å². The molecule has 0 amide bonds. The van der Waals surface area contributed by atoms with Gasteiger partial charge in [0.1, 0.15) is 0 Å². The van der Waals surface area contributed by atoms with Crippen LogP contribution in [0.3, 0.4) is 0 Å². The molecule has 4 aliphatic rings. The molecule has 9 atom stereocenters. The van der Waals surface area contributed by atoms with Gasteiger partial charge in [0.25, 0.3) is 0 Å². The molecule has 0 nitrogen and oxygen atoms in total. The molecule has 2 heteroatoms. The molecule has 4 aliphatic carbocycles. The van der Waals surface area contributed by atoms with E-state index in [1.54, 1.807) is 51.4 Å². The molecule has 0 radical (unpaired) electrons. The number of rotatable bonds is 8. The van der Waals surface area contributed by atoms with Crippen molar-refractivity contribution in [1.82, 2.24) is 0 Å². The van der Waals surface area contributed by atoms with E-state index in [0.717, 1.165) is 40.7 Å². The molecule has 0 N–H and O–H groups in total. The Morgan fingerprint density at radius 2 is 1.34 bits per heavy atom. The number of fused-ring (bicyclic) bond motifs is 2. The van der Waals surface area contributed by atoms with E-state index in [2.05, 4.69) is 67.6 Å². The Labute approximate surface area is 218 Å². The predicted molar refractivity (Wildman–Crippen MR) is 157 cm³/mol. The second kappa shape index (κ2) is 11.1. The average molecular weight is 501 g/mol. The number of unbranched alkanes of at least 4 members (excludes halogenated alkanes) is 1. The van der Waals surface area contributed by atoms with E-state index in [1.165, 1.54) is 32.1 Å².